The highest BCUT2D eigenvalue weighted by Crippen LogP contribution is 2.45. The van der Waals surface area contributed by atoms with E-state index in [1.807, 2.05) is 0 Å². The molecule has 0 radical (unpaired) electrons. The van der Waals surface area contributed by atoms with Crippen LogP contribution in [-0.2, 0) is 14.3 Å². The first kappa shape index (κ1) is 17.7. The predicted molar refractivity (Wildman–Crippen MR) is 92.8 cm³/mol. The molecule has 2 heterocycles. The lowest BCUT2D eigenvalue weighted by Gasteiger charge is -2.37. The zero-order valence-electron chi connectivity index (χ0n) is 14.3. The molecular weight excluding hydrogens is 344 g/mol. The minimum atomic E-state index is -0.815. The van der Waals surface area contributed by atoms with E-state index in [0.29, 0.717) is 30.1 Å². The molecule has 0 saturated heterocycles. The van der Waals surface area contributed by atoms with Crippen LogP contribution in [-0.4, -0.2) is 29.2 Å². The molecular formula is C18H21ClN2O4. The summed E-state index contributed by atoms with van der Waals surface area (Å²) in [5.41, 5.74) is 0.0300. The molecule has 7 heteroatoms. The van der Waals surface area contributed by atoms with Crippen LogP contribution in [0.3, 0.4) is 0 Å². The first-order valence-corrected chi connectivity index (χ1v) is 8.87. The summed E-state index contributed by atoms with van der Waals surface area (Å²) >= 11 is 6.19. The van der Waals surface area contributed by atoms with Crippen molar-refractivity contribution < 1.29 is 19.1 Å². The second-order valence-corrected chi connectivity index (χ2v) is 6.91. The molecule has 0 atom stereocenters. The van der Waals surface area contributed by atoms with Crippen LogP contribution in [0.4, 0.5) is 4.79 Å². The van der Waals surface area contributed by atoms with Gasteiger partial charge in [0.15, 0.2) is 5.76 Å². The van der Waals surface area contributed by atoms with Crippen LogP contribution in [0.15, 0.2) is 24.1 Å². The minimum Gasteiger partial charge on any atom is -0.434 e. The van der Waals surface area contributed by atoms with Crippen molar-refractivity contribution in [3.8, 4) is 0 Å². The molecule has 1 saturated carbocycles. The Kier molecular flexibility index (Phi) is 4.99. The third kappa shape index (κ3) is 3.35. The summed E-state index contributed by atoms with van der Waals surface area (Å²) in [6.45, 7) is 4.07. The van der Waals surface area contributed by atoms with Crippen molar-refractivity contribution in [3.05, 3.63) is 34.8 Å². The summed E-state index contributed by atoms with van der Waals surface area (Å²) in [6.07, 6.45) is 4.01. The Morgan fingerprint density at radius 1 is 1.44 bits per heavy atom. The molecule has 1 fully saturated rings. The van der Waals surface area contributed by atoms with Gasteiger partial charge in [-0.1, -0.05) is 18.5 Å². The van der Waals surface area contributed by atoms with E-state index in [9.17, 15) is 9.59 Å². The van der Waals surface area contributed by atoms with E-state index >= 15 is 0 Å². The number of halogens is 1. The fourth-order valence-corrected chi connectivity index (χ4v) is 3.70. The van der Waals surface area contributed by atoms with Gasteiger partial charge in [-0.05, 0) is 50.7 Å². The van der Waals surface area contributed by atoms with Crippen molar-refractivity contribution in [2.24, 2.45) is 5.92 Å². The van der Waals surface area contributed by atoms with E-state index in [0.717, 1.165) is 12.8 Å². The Morgan fingerprint density at radius 3 is 2.80 bits per heavy atom. The van der Waals surface area contributed by atoms with Crippen LogP contribution >= 0.6 is 11.6 Å². The Balaban J connectivity index is 2.08. The molecule has 1 aliphatic carbocycles. The summed E-state index contributed by atoms with van der Waals surface area (Å²) < 4.78 is 10.4. The molecule has 6 nitrogen and oxygen atoms in total. The van der Waals surface area contributed by atoms with Crippen LogP contribution in [0.5, 0.6) is 0 Å². The van der Waals surface area contributed by atoms with Gasteiger partial charge in [0.25, 0.3) is 5.91 Å². The Labute approximate surface area is 151 Å². The summed E-state index contributed by atoms with van der Waals surface area (Å²) in [5, 5.41) is 3.22. The van der Waals surface area contributed by atoms with Crippen molar-refractivity contribution in [2.45, 2.75) is 45.1 Å². The number of amides is 1. The second kappa shape index (κ2) is 7.04. The zero-order chi connectivity index (χ0) is 18.0. The summed E-state index contributed by atoms with van der Waals surface area (Å²) in [7, 11) is 0. The van der Waals surface area contributed by atoms with Gasteiger partial charge in [0, 0.05) is 11.8 Å². The highest BCUT2D eigenvalue weighted by atomic mass is 35.5. The quantitative estimate of drug-likeness (QED) is 0.653. The highest BCUT2D eigenvalue weighted by molar-refractivity contribution is 6.34. The Hall–Kier alpha value is -2.08. The zero-order valence-corrected chi connectivity index (χ0v) is 15.1. The van der Waals surface area contributed by atoms with E-state index in [4.69, 9.17) is 21.1 Å². The van der Waals surface area contributed by atoms with E-state index in [1.165, 1.54) is 0 Å². The molecule has 25 heavy (non-hydrogen) atoms. The number of nitrogens with one attached hydrogen (secondary N) is 1. The molecule has 1 spiro atoms. The Morgan fingerprint density at radius 2 is 2.16 bits per heavy atom. The van der Waals surface area contributed by atoms with Crippen molar-refractivity contribution in [3.63, 3.8) is 0 Å². The number of aromatic nitrogens is 1. The molecule has 0 aromatic carbocycles. The molecule has 0 bridgehead atoms. The van der Waals surface area contributed by atoms with Crippen LogP contribution in [0.2, 0.25) is 5.15 Å². The second-order valence-electron chi connectivity index (χ2n) is 6.55. The first-order valence-electron chi connectivity index (χ1n) is 8.49. The van der Waals surface area contributed by atoms with Gasteiger partial charge in [0.2, 0.25) is 0 Å². The molecule has 0 unspecified atom stereocenters. The highest BCUT2D eigenvalue weighted by Gasteiger charge is 2.50. The average Bonchev–Trinajstić information content (AvgIpc) is 2.83. The number of ether oxygens (including phenoxy) is 2. The molecule has 1 amide bonds. The maximum atomic E-state index is 12.7. The molecule has 134 valence electrons. The number of nitrogens with zero attached hydrogens (tertiary/aromatic N) is 1. The number of hydrogen-bond donors (Lipinski definition) is 1. The third-order valence-corrected chi connectivity index (χ3v) is 5.15. The third-order valence-electron chi connectivity index (χ3n) is 4.85. The first-order chi connectivity index (χ1) is 12.0. The number of carbonyl (C=O) groups excluding carboxylic acids is 2. The number of rotatable bonds is 3. The fourth-order valence-electron chi connectivity index (χ4n) is 3.48. The molecule has 1 aliphatic heterocycles. The Bertz CT molecular complexity index is 724. The van der Waals surface area contributed by atoms with Crippen LogP contribution in [0.25, 0.3) is 5.57 Å². The van der Waals surface area contributed by atoms with Gasteiger partial charge in [-0.2, -0.15) is 0 Å². The maximum Gasteiger partial charge on any atom is 0.513 e. The molecule has 2 aliphatic rings. The van der Waals surface area contributed by atoms with Gasteiger partial charge in [0.1, 0.15) is 5.15 Å². The maximum absolute atomic E-state index is 12.7. The topological polar surface area (TPSA) is 77.5 Å². The fraction of sp³-hybridized carbons (Fsp3) is 0.500. The SMILES string of the molecule is CCOC(=O)OC1=C(c2cccnc2Cl)C(=O)NC12CCC(C)CC2. The van der Waals surface area contributed by atoms with Crippen LogP contribution in [0.1, 0.15) is 45.1 Å². The lowest BCUT2D eigenvalue weighted by molar-refractivity contribution is -0.116. The van der Waals surface area contributed by atoms with E-state index in [2.05, 4.69) is 17.2 Å². The van der Waals surface area contributed by atoms with Gasteiger partial charge < -0.3 is 14.8 Å². The summed E-state index contributed by atoms with van der Waals surface area (Å²) in [5.74, 6) is 0.568. The van der Waals surface area contributed by atoms with Crippen molar-refractivity contribution in [1.29, 1.82) is 0 Å². The largest absolute Gasteiger partial charge is 0.513 e. The average molecular weight is 365 g/mol. The number of pyridine rings is 1. The standard InChI is InChI=1S/C18H21ClN2O4/c1-3-24-17(23)25-14-13(12-5-4-10-20-15(12)19)16(22)21-18(14)8-6-11(2)7-9-18/h4-5,10-11H,3,6-9H2,1-2H3,(H,21,22). The lowest BCUT2D eigenvalue weighted by Crippen LogP contribution is -2.47. The van der Waals surface area contributed by atoms with Crippen molar-refractivity contribution in [2.75, 3.05) is 6.61 Å². The summed E-state index contributed by atoms with van der Waals surface area (Å²) in [6, 6.07) is 3.39. The van der Waals surface area contributed by atoms with Gasteiger partial charge in [0.05, 0.1) is 17.7 Å². The van der Waals surface area contributed by atoms with E-state index in [1.54, 1.807) is 25.3 Å². The molecule has 3 rings (SSSR count). The molecule has 1 aromatic heterocycles. The number of hydrogen-bond acceptors (Lipinski definition) is 5. The van der Waals surface area contributed by atoms with Crippen LogP contribution < -0.4 is 5.32 Å². The smallest absolute Gasteiger partial charge is 0.434 e. The number of carbonyl (C=O) groups is 2. The van der Waals surface area contributed by atoms with Crippen molar-refractivity contribution in [1.82, 2.24) is 10.3 Å². The minimum absolute atomic E-state index is 0.193. The predicted octanol–water partition coefficient (Wildman–Crippen LogP) is 3.70. The normalized spacial score (nSPS) is 25.9. The van der Waals surface area contributed by atoms with Gasteiger partial charge >= 0.3 is 6.16 Å². The molecule has 1 N–H and O–H groups in total. The van der Waals surface area contributed by atoms with E-state index in [-0.39, 0.29) is 23.2 Å². The summed E-state index contributed by atoms with van der Waals surface area (Å²) in [4.78, 5) is 28.8. The van der Waals surface area contributed by atoms with Gasteiger partial charge in [-0.15, -0.1) is 0 Å². The monoisotopic (exact) mass is 364 g/mol. The lowest BCUT2D eigenvalue weighted by atomic mass is 9.76. The van der Waals surface area contributed by atoms with Gasteiger partial charge in [-0.25, -0.2) is 9.78 Å². The van der Waals surface area contributed by atoms with Crippen LogP contribution in [0, 0.1) is 5.92 Å². The van der Waals surface area contributed by atoms with E-state index < -0.39 is 11.7 Å². The van der Waals surface area contributed by atoms with Gasteiger partial charge in [-0.3, -0.25) is 4.79 Å². The molecule has 1 aromatic rings. The van der Waals surface area contributed by atoms with Crippen molar-refractivity contribution >= 4 is 29.2 Å².